The van der Waals surface area contributed by atoms with Crippen LogP contribution >= 0.6 is 11.3 Å². The van der Waals surface area contributed by atoms with Crippen molar-refractivity contribution in [2.24, 2.45) is 17.6 Å². The predicted molar refractivity (Wildman–Crippen MR) is 127 cm³/mol. The first kappa shape index (κ1) is 21.5. The van der Waals surface area contributed by atoms with Crippen LogP contribution in [0.25, 0.3) is 21.2 Å². The molecule has 2 aromatic heterocycles. The van der Waals surface area contributed by atoms with Crippen molar-refractivity contribution >= 4 is 38.6 Å². The Morgan fingerprint density at radius 2 is 2.12 bits per heavy atom. The standard InChI is InChI=1S/C25H25FN4O3S/c26-17-2-3-18-21(11-17)33-29-23(18)14-5-7-30(8-6-14)12-16-9-19(16)24(32-25(27)31)15-1-4-20-22(10-15)34-13-28-20/h1-4,10-11,13-14,16,19,24H,5-9,12H2,(H2,27,31). The number of rotatable bonds is 6. The van der Waals surface area contributed by atoms with E-state index in [1.807, 2.05) is 17.6 Å². The number of carbonyl (C=O) groups is 1. The second kappa shape index (κ2) is 8.63. The van der Waals surface area contributed by atoms with Gasteiger partial charge < -0.3 is 19.9 Å². The van der Waals surface area contributed by atoms with Crippen LogP contribution in [0, 0.1) is 17.7 Å². The summed E-state index contributed by atoms with van der Waals surface area (Å²) >= 11 is 1.58. The van der Waals surface area contributed by atoms with Crippen LogP contribution in [-0.4, -0.2) is 40.8 Å². The Kier molecular flexibility index (Phi) is 5.45. The first-order valence-corrected chi connectivity index (χ1v) is 12.5. The van der Waals surface area contributed by atoms with Crippen molar-refractivity contribution < 1.29 is 18.4 Å². The minimum atomic E-state index is -0.736. The third kappa shape index (κ3) is 4.14. The molecule has 1 saturated heterocycles. The van der Waals surface area contributed by atoms with E-state index in [0.29, 0.717) is 17.4 Å². The van der Waals surface area contributed by atoms with Gasteiger partial charge in [0.05, 0.1) is 21.4 Å². The fraction of sp³-hybridized carbons (Fsp3) is 0.400. The lowest BCUT2D eigenvalue weighted by atomic mass is 9.91. The first-order valence-electron chi connectivity index (χ1n) is 11.6. The van der Waals surface area contributed by atoms with Gasteiger partial charge in [0, 0.05) is 29.8 Å². The topological polar surface area (TPSA) is 94.5 Å². The molecule has 1 aliphatic carbocycles. The largest absolute Gasteiger partial charge is 0.441 e. The highest BCUT2D eigenvalue weighted by Gasteiger charge is 2.46. The van der Waals surface area contributed by atoms with Crippen LogP contribution in [-0.2, 0) is 4.74 Å². The highest BCUT2D eigenvalue weighted by Crippen LogP contribution is 2.50. The number of amides is 1. The first-order chi connectivity index (χ1) is 16.5. The van der Waals surface area contributed by atoms with Gasteiger partial charge in [-0.15, -0.1) is 11.3 Å². The van der Waals surface area contributed by atoms with Gasteiger partial charge in [-0.05, 0) is 68.1 Å². The van der Waals surface area contributed by atoms with Gasteiger partial charge in [0.15, 0.2) is 5.58 Å². The Balaban J connectivity index is 1.09. The molecule has 0 bridgehead atoms. The molecule has 1 amide bonds. The number of likely N-dealkylation sites (tertiary alicyclic amines) is 1. The lowest BCUT2D eigenvalue weighted by Gasteiger charge is -2.31. The Hall–Kier alpha value is -3.04. The molecule has 0 radical (unpaired) electrons. The number of benzene rings is 2. The molecule has 34 heavy (non-hydrogen) atoms. The van der Waals surface area contributed by atoms with E-state index in [0.717, 1.165) is 65.8 Å². The van der Waals surface area contributed by atoms with Crippen LogP contribution in [0.2, 0.25) is 0 Å². The zero-order valence-electron chi connectivity index (χ0n) is 18.5. The van der Waals surface area contributed by atoms with E-state index < -0.39 is 6.09 Å². The van der Waals surface area contributed by atoms with Crippen molar-refractivity contribution in [1.82, 2.24) is 15.0 Å². The van der Waals surface area contributed by atoms with Crippen molar-refractivity contribution in [3.05, 3.63) is 59.0 Å². The van der Waals surface area contributed by atoms with E-state index in [1.54, 1.807) is 17.4 Å². The number of halogens is 1. The minimum Gasteiger partial charge on any atom is -0.441 e. The van der Waals surface area contributed by atoms with Crippen LogP contribution < -0.4 is 5.73 Å². The lowest BCUT2D eigenvalue weighted by Crippen LogP contribution is -2.35. The highest BCUT2D eigenvalue weighted by atomic mass is 32.1. The molecule has 0 spiro atoms. The molecular weight excluding hydrogens is 455 g/mol. The fourth-order valence-corrected chi connectivity index (χ4v) is 6.10. The van der Waals surface area contributed by atoms with Gasteiger partial charge in [-0.3, -0.25) is 0 Å². The van der Waals surface area contributed by atoms with Gasteiger partial charge in [-0.2, -0.15) is 0 Å². The van der Waals surface area contributed by atoms with Crippen molar-refractivity contribution in [2.75, 3.05) is 19.6 Å². The van der Waals surface area contributed by atoms with Crippen molar-refractivity contribution in [3.63, 3.8) is 0 Å². The van der Waals surface area contributed by atoms with Gasteiger partial charge in [0.1, 0.15) is 11.9 Å². The Labute approximate surface area is 199 Å². The fourth-order valence-electron chi connectivity index (χ4n) is 5.37. The molecule has 9 heteroatoms. The number of fused-ring (bicyclic) bond motifs is 2. The Morgan fingerprint density at radius 3 is 2.94 bits per heavy atom. The van der Waals surface area contributed by atoms with Gasteiger partial charge >= 0.3 is 6.09 Å². The molecule has 4 aromatic rings. The average Bonchev–Trinajstić information content (AvgIpc) is 3.22. The number of hydrogen-bond donors (Lipinski definition) is 1. The number of carbonyl (C=O) groups excluding carboxylic acids is 1. The molecule has 2 N–H and O–H groups in total. The number of aromatic nitrogens is 2. The third-order valence-corrected chi connectivity index (χ3v) is 8.01. The summed E-state index contributed by atoms with van der Waals surface area (Å²) in [6.07, 6.45) is 1.92. The van der Waals surface area contributed by atoms with Crippen LogP contribution in [0.1, 0.15) is 42.5 Å². The van der Waals surface area contributed by atoms with Gasteiger partial charge in [-0.25, -0.2) is 14.2 Å². The number of ether oxygens (including phenoxy) is 1. The highest BCUT2D eigenvalue weighted by molar-refractivity contribution is 7.16. The molecule has 1 aliphatic heterocycles. The summed E-state index contributed by atoms with van der Waals surface area (Å²) in [5.74, 6) is 0.739. The number of nitrogens with zero attached hydrogens (tertiary/aromatic N) is 3. The number of piperidine rings is 1. The minimum absolute atomic E-state index is 0.268. The molecule has 3 heterocycles. The molecule has 3 atom stereocenters. The molecule has 6 rings (SSSR count). The van der Waals surface area contributed by atoms with E-state index in [2.05, 4.69) is 21.1 Å². The maximum Gasteiger partial charge on any atom is 0.405 e. The number of hydrogen-bond acceptors (Lipinski definition) is 7. The smallest absolute Gasteiger partial charge is 0.405 e. The van der Waals surface area contributed by atoms with Crippen molar-refractivity contribution in [1.29, 1.82) is 0 Å². The number of thiazole rings is 1. The Morgan fingerprint density at radius 1 is 1.26 bits per heavy atom. The lowest BCUT2D eigenvalue weighted by molar-refractivity contribution is 0.0868. The second-order valence-corrected chi connectivity index (χ2v) is 10.3. The summed E-state index contributed by atoms with van der Waals surface area (Å²) in [7, 11) is 0. The normalized spacial score (nSPS) is 22.3. The summed E-state index contributed by atoms with van der Waals surface area (Å²) in [6.45, 7) is 2.92. The number of nitrogens with two attached hydrogens (primary N) is 1. The van der Waals surface area contributed by atoms with E-state index in [9.17, 15) is 9.18 Å². The molecule has 1 saturated carbocycles. The summed E-state index contributed by atoms with van der Waals surface area (Å²) in [5, 5.41) is 5.16. The molecule has 7 nitrogen and oxygen atoms in total. The molecule has 2 aliphatic rings. The summed E-state index contributed by atoms with van der Waals surface area (Å²) in [6, 6.07) is 10.6. The van der Waals surface area contributed by atoms with Gasteiger partial charge in [0.2, 0.25) is 0 Å². The number of primary amides is 1. The van der Waals surface area contributed by atoms with Gasteiger partial charge in [-0.1, -0.05) is 11.2 Å². The molecule has 2 aromatic carbocycles. The van der Waals surface area contributed by atoms with Gasteiger partial charge in [0.25, 0.3) is 0 Å². The molecular formula is C25H25FN4O3S. The Bertz CT molecular complexity index is 1350. The third-order valence-electron chi connectivity index (χ3n) is 7.22. The van der Waals surface area contributed by atoms with Crippen LogP contribution in [0.15, 0.2) is 46.4 Å². The van der Waals surface area contributed by atoms with E-state index in [1.165, 1.54) is 12.1 Å². The van der Waals surface area contributed by atoms with E-state index in [-0.39, 0.29) is 17.8 Å². The van der Waals surface area contributed by atoms with Crippen LogP contribution in [0.3, 0.4) is 0 Å². The van der Waals surface area contributed by atoms with Crippen LogP contribution in [0.5, 0.6) is 0 Å². The van der Waals surface area contributed by atoms with E-state index >= 15 is 0 Å². The summed E-state index contributed by atoms with van der Waals surface area (Å²) in [5.41, 5.74) is 10.6. The quantitative estimate of drug-likeness (QED) is 0.406. The molecule has 3 unspecified atom stereocenters. The van der Waals surface area contributed by atoms with Crippen molar-refractivity contribution in [3.8, 4) is 0 Å². The zero-order chi connectivity index (χ0) is 23.2. The average molecular weight is 481 g/mol. The summed E-state index contributed by atoms with van der Waals surface area (Å²) in [4.78, 5) is 18.4. The molecule has 176 valence electrons. The van der Waals surface area contributed by atoms with Crippen LogP contribution in [0.4, 0.5) is 9.18 Å². The van der Waals surface area contributed by atoms with Crippen molar-refractivity contribution in [2.45, 2.75) is 31.3 Å². The molecule has 2 fully saturated rings. The SMILES string of the molecule is NC(=O)OC(c1ccc2ncsc2c1)C1CC1CN1CCC(c2noc3cc(F)ccc23)CC1. The summed E-state index contributed by atoms with van der Waals surface area (Å²) < 4.78 is 25.5. The predicted octanol–water partition coefficient (Wildman–Crippen LogP) is 5.23. The maximum absolute atomic E-state index is 13.5. The maximum atomic E-state index is 13.5. The monoisotopic (exact) mass is 480 g/mol. The van der Waals surface area contributed by atoms with E-state index in [4.69, 9.17) is 15.0 Å². The second-order valence-electron chi connectivity index (χ2n) is 9.38. The zero-order valence-corrected chi connectivity index (χ0v) is 19.3.